The Labute approximate surface area is 136 Å². The number of amides is 2. The second-order valence-electron chi connectivity index (χ2n) is 5.56. The Hall–Kier alpha value is -2.08. The van der Waals surface area contributed by atoms with Crippen LogP contribution in [0.25, 0.3) is 0 Å². The molecule has 23 heavy (non-hydrogen) atoms. The van der Waals surface area contributed by atoms with Gasteiger partial charge in [0.2, 0.25) is 0 Å². The highest BCUT2D eigenvalue weighted by Crippen LogP contribution is 2.19. The van der Waals surface area contributed by atoms with Crippen LogP contribution in [-0.2, 0) is 14.3 Å². The number of carbonyl (C=O) groups excluding carboxylic acids is 2. The van der Waals surface area contributed by atoms with Gasteiger partial charge in [-0.05, 0) is 44.2 Å². The monoisotopic (exact) mass is 320 g/mol. The first-order chi connectivity index (χ1) is 11.2. The minimum Gasteiger partial charge on any atom is -0.467 e. The highest BCUT2D eigenvalue weighted by molar-refractivity contribution is 6.35. The van der Waals surface area contributed by atoms with E-state index in [4.69, 9.17) is 9.15 Å². The summed E-state index contributed by atoms with van der Waals surface area (Å²) in [6.07, 6.45) is 8.86. The second-order valence-corrected chi connectivity index (χ2v) is 5.56. The predicted molar refractivity (Wildman–Crippen MR) is 85.6 cm³/mol. The van der Waals surface area contributed by atoms with Gasteiger partial charge in [-0.15, -0.1) is 0 Å². The average Bonchev–Trinajstić information content (AvgIpc) is 3.10. The number of allylic oxidation sites excluding steroid dienone is 1. The number of carbonyl (C=O) groups is 2. The van der Waals surface area contributed by atoms with E-state index in [1.54, 1.807) is 12.1 Å². The molecule has 2 amide bonds. The Morgan fingerprint density at radius 3 is 2.78 bits per heavy atom. The van der Waals surface area contributed by atoms with E-state index >= 15 is 0 Å². The lowest BCUT2D eigenvalue weighted by atomic mass is 9.97. The predicted octanol–water partition coefficient (Wildman–Crippen LogP) is 2.09. The van der Waals surface area contributed by atoms with Crippen molar-refractivity contribution in [2.45, 2.75) is 38.2 Å². The first kappa shape index (κ1) is 17.3. The molecule has 0 saturated heterocycles. The molecular weight excluding hydrogens is 296 g/mol. The summed E-state index contributed by atoms with van der Waals surface area (Å²) in [7, 11) is 1.53. The van der Waals surface area contributed by atoms with E-state index in [9.17, 15) is 9.59 Å². The topological polar surface area (TPSA) is 80.6 Å². The van der Waals surface area contributed by atoms with Crippen LogP contribution in [0.5, 0.6) is 0 Å². The zero-order valence-electron chi connectivity index (χ0n) is 13.5. The molecule has 0 radical (unpaired) electrons. The summed E-state index contributed by atoms with van der Waals surface area (Å²) in [5.41, 5.74) is 1.37. The van der Waals surface area contributed by atoms with Crippen LogP contribution in [0, 0.1) is 0 Å². The molecule has 0 saturated carbocycles. The highest BCUT2D eigenvalue weighted by atomic mass is 16.5. The van der Waals surface area contributed by atoms with Crippen molar-refractivity contribution < 1.29 is 18.7 Å². The molecule has 0 fully saturated rings. The maximum Gasteiger partial charge on any atom is 0.309 e. The molecule has 0 bridgehead atoms. The molecular formula is C17H24N2O4. The molecule has 1 aliphatic rings. The van der Waals surface area contributed by atoms with E-state index in [0.717, 1.165) is 19.3 Å². The van der Waals surface area contributed by atoms with Gasteiger partial charge in [0.1, 0.15) is 11.9 Å². The fourth-order valence-corrected chi connectivity index (χ4v) is 2.59. The zero-order chi connectivity index (χ0) is 16.5. The van der Waals surface area contributed by atoms with Crippen molar-refractivity contribution in [2.75, 3.05) is 20.2 Å². The molecule has 6 heteroatoms. The summed E-state index contributed by atoms with van der Waals surface area (Å²) in [6.45, 7) is 0.672. The van der Waals surface area contributed by atoms with Gasteiger partial charge in [-0.2, -0.15) is 0 Å². The van der Waals surface area contributed by atoms with E-state index in [1.807, 2.05) is 0 Å². The standard InChI is InChI=1S/C17H24N2O4/c1-22-15(14-8-5-11-23-14)12-19-17(21)16(20)18-10-9-13-6-3-2-4-7-13/h5-6,8,11,15H,2-4,7,9-10,12H2,1H3,(H,18,20)(H,19,21). The van der Waals surface area contributed by atoms with Crippen molar-refractivity contribution in [3.05, 3.63) is 35.8 Å². The Bertz CT molecular complexity index is 537. The summed E-state index contributed by atoms with van der Waals surface area (Å²) in [4.78, 5) is 23.6. The van der Waals surface area contributed by atoms with Crippen molar-refractivity contribution in [3.63, 3.8) is 0 Å². The molecule has 1 aliphatic carbocycles. The lowest BCUT2D eigenvalue weighted by molar-refractivity contribution is -0.139. The number of nitrogens with one attached hydrogen (secondary N) is 2. The van der Waals surface area contributed by atoms with E-state index in [2.05, 4.69) is 16.7 Å². The number of furan rings is 1. The van der Waals surface area contributed by atoms with Crippen LogP contribution in [-0.4, -0.2) is 32.0 Å². The van der Waals surface area contributed by atoms with E-state index < -0.39 is 17.9 Å². The summed E-state index contributed by atoms with van der Waals surface area (Å²) < 4.78 is 10.5. The highest BCUT2D eigenvalue weighted by Gasteiger charge is 2.18. The molecule has 2 N–H and O–H groups in total. The third-order valence-corrected chi connectivity index (χ3v) is 3.92. The van der Waals surface area contributed by atoms with Gasteiger partial charge in [0.15, 0.2) is 0 Å². The van der Waals surface area contributed by atoms with Crippen LogP contribution in [0.1, 0.15) is 44.0 Å². The van der Waals surface area contributed by atoms with Gasteiger partial charge >= 0.3 is 11.8 Å². The molecule has 0 aromatic carbocycles. The summed E-state index contributed by atoms with van der Waals surface area (Å²) in [5.74, 6) is -0.663. The van der Waals surface area contributed by atoms with Gasteiger partial charge in [0.25, 0.3) is 0 Å². The van der Waals surface area contributed by atoms with Gasteiger partial charge in [-0.3, -0.25) is 9.59 Å². The molecule has 6 nitrogen and oxygen atoms in total. The quantitative estimate of drug-likeness (QED) is 0.595. The third-order valence-electron chi connectivity index (χ3n) is 3.92. The molecule has 0 aliphatic heterocycles. The Kier molecular flexibility index (Phi) is 6.87. The smallest absolute Gasteiger partial charge is 0.309 e. The molecule has 1 aromatic rings. The van der Waals surface area contributed by atoms with Gasteiger partial charge in [0.05, 0.1) is 12.8 Å². The molecule has 2 rings (SSSR count). The van der Waals surface area contributed by atoms with Gasteiger partial charge < -0.3 is 19.8 Å². The van der Waals surface area contributed by atoms with E-state index in [0.29, 0.717) is 12.3 Å². The molecule has 1 aromatic heterocycles. The number of hydrogen-bond acceptors (Lipinski definition) is 4. The van der Waals surface area contributed by atoms with E-state index in [1.165, 1.54) is 31.8 Å². The number of rotatable bonds is 7. The third kappa shape index (κ3) is 5.56. The summed E-state index contributed by atoms with van der Waals surface area (Å²) in [5, 5.41) is 5.21. The molecule has 1 atom stereocenters. The van der Waals surface area contributed by atoms with Crippen molar-refractivity contribution >= 4 is 11.8 Å². The van der Waals surface area contributed by atoms with E-state index in [-0.39, 0.29) is 6.54 Å². The summed E-state index contributed by atoms with van der Waals surface area (Å²) >= 11 is 0. The molecule has 1 unspecified atom stereocenters. The minimum absolute atomic E-state index is 0.182. The van der Waals surface area contributed by atoms with Crippen LogP contribution in [0.15, 0.2) is 34.5 Å². The maximum atomic E-state index is 11.8. The summed E-state index contributed by atoms with van der Waals surface area (Å²) in [6, 6.07) is 3.51. The average molecular weight is 320 g/mol. The number of methoxy groups -OCH3 is 1. The number of ether oxygens (including phenoxy) is 1. The van der Waals surface area contributed by atoms with Gasteiger partial charge in [-0.25, -0.2) is 0 Å². The normalized spacial score (nSPS) is 15.6. The molecule has 0 spiro atoms. The number of hydrogen-bond donors (Lipinski definition) is 2. The van der Waals surface area contributed by atoms with Crippen LogP contribution >= 0.6 is 0 Å². The first-order valence-corrected chi connectivity index (χ1v) is 8.01. The van der Waals surface area contributed by atoms with Crippen molar-refractivity contribution in [1.82, 2.24) is 10.6 Å². The van der Waals surface area contributed by atoms with Crippen LogP contribution in [0.2, 0.25) is 0 Å². The van der Waals surface area contributed by atoms with Crippen molar-refractivity contribution in [3.8, 4) is 0 Å². The van der Waals surface area contributed by atoms with Crippen molar-refractivity contribution in [1.29, 1.82) is 0 Å². The first-order valence-electron chi connectivity index (χ1n) is 8.01. The maximum absolute atomic E-state index is 11.8. The van der Waals surface area contributed by atoms with Crippen molar-refractivity contribution in [2.24, 2.45) is 0 Å². The lowest BCUT2D eigenvalue weighted by Crippen LogP contribution is -2.41. The lowest BCUT2D eigenvalue weighted by Gasteiger charge is -2.14. The fraction of sp³-hybridized carbons (Fsp3) is 0.529. The second kappa shape index (κ2) is 9.15. The minimum atomic E-state index is -0.656. The Morgan fingerprint density at radius 1 is 1.30 bits per heavy atom. The van der Waals surface area contributed by atoms with Gasteiger partial charge in [-0.1, -0.05) is 11.6 Å². The SMILES string of the molecule is COC(CNC(=O)C(=O)NCCC1=CCCCC1)c1ccco1. The van der Waals surface area contributed by atoms with Crippen LogP contribution in [0.3, 0.4) is 0 Å². The Balaban J connectivity index is 1.68. The van der Waals surface area contributed by atoms with Crippen LogP contribution in [0.4, 0.5) is 0 Å². The largest absolute Gasteiger partial charge is 0.467 e. The zero-order valence-corrected chi connectivity index (χ0v) is 13.5. The van der Waals surface area contributed by atoms with Crippen LogP contribution < -0.4 is 10.6 Å². The van der Waals surface area contributed by atoms with Gasteiger partial charge in [0, 0.05) is 13.7 Å². The fourth-order valence-electron chi connectivity index (χ4n) is 2.59. The molecule has 1 heterocycles. The molecule has 126 valence electrons. The Morgan fingerprint density at radius 2 is 2.13 bits per heavy atom.